The fourth-order valence-electron chi connectivity index (χ4n) is 3.47. The average Bonchev–Trinajstić information content (AvgIpc) is 3.11. The Bertz CT molecular complexity index is 773. The molecule has 1 fully saturated rings. The fourth-order valence-corrected chi connectivity index (χ4v) is 4.43. The number of aryl methyl sites for hydroxylation is 1. The molecule has 1 aliphatic carbocycles. The molecule has 1 aromatic carbocycles. The first-order chi connectivity index (χ1) is 12.6. The van der Waals surface area contributed by atoms with Gasteiger partial charge in [-0.15, -0.1) is 11.3 Å². The highest BCUT2D eigenvalue weighted by molar-refractivity contribution is 7.15. The Kier molecular flexibility index (Phi) is 6.09. The Hall–Kier alpha value is -2.14. The summed E-state index contributed by atoms with van der Waals surface area (Å²) in [6.07, 6.45) is 6.22. The quantitative estimate of drug-likeness (QED) is 0.727. The summed E-state index contributed by atoms with van der Waals surface area (Å²) < 4.78 is 4.99. The molecule has 4 nitrogen and oxygen atoms in total. The van der Waals surface area contributed by atoms with E-state index in [1.165, 1.54) is 30.4 Å². The zero-order chi connectivity index (χ0) is 18.5. The van der Waals surface area contributed by atoms with Gasteiger partial charge in [0.15, 0.2) is 0 Å². The Balaban J connectivity index is 1.89. The zero-order valence-corrected chi connectivity index (χ0v) is 16.2. The molecule has 1 amide bonds. The molecule has 0 unspecified atom stereocenters. The van der Waals surface area contributed by atoms with Crippen LogP contribution in [0.3, 0.4) is 0 Å². The van der Waals surface area contributed by atoms with E-state index in [1.54, 1.807) is 0 Å². The first-order valence-electron chi connectivity index (χ1n) is 9.24. The Morgan fingerprint density at radius 2 is 1.85 bits per heavy atom. The van der Waals surface area contributed by atoms with E-state index in [1.807, 2.05) is 17.5 Å². The van der Waals surface area contributed by atoms with Crippen LogP contribution in [0.2, 0.25) is 0 Å². The van der Waals surface area contributed by atoms with Crippen LogP contribution in [0.25, 0.3) is 11.1 Å². The Labute approximate surface area is 158 Å². The lowest BCUT2D eigenvalue weighted by Crippen LogP contribution is -2.25. The first kappa shape index (κ1) is 18.6. The van der Waals surface area contributed by atoms with Gasteiger partial charge in [-0.1, -0.05) is 50.5 Å². The standard InChI is InChI=1S/C21H25NO3S/c1-3-14-9-11-15(12-10-14)17-13-26-20(18(17)21(24)25-2)22-19(23)16-7-5-4-6-8-16/h9-13,16H,3-8H2,1-2H3,(H,22,23). The lowest BCUT2D eigenvalue weighted by Gasteiger charge is -2.20. The molecule has 138 valence electrons. The first-order valence-corrected chi connectivity index (χ1v) is 10.1. The van der Waals surface area contributed by atoms with E-state index in [9.17, 15) is 9.59 Å². The highest BCUT2D eigenvalue weighted by atomic mass is 32.1. The van der Waals surface area contributed by atoms with Crippen molar-refractivity contribution in [2.24, 2.45) is 5.92 Å². The molecule has 0 aliphatic heterocycles. The van der Waals surface area contributed by atoms with Gasteiger partial charge in [-0.2, -0.15) is 0 Å². The SMILES string of the molecule is CCc1ccc(-c2csc(NC(=O)C3CCCCC3)c2C(=O)OC)cc1. The van der Waals surface area contributed by atoms with Crippen LogP contribution in [0.5, 0.6) is 0 Å². The summed E-state index contributed by atoms with van der Waals surface area (Å²) >= 11 is 1.38. The largest absolute Gasteiger partial charge is 0.465 e. The second-order valence-corrected chi connectivity index (χ2v) is 7.60. The highest BCUT2D eigenvalue weighted by Crippen LogP contribution is 2.37. The molecule has 3 rings (SSSR count). The van der Waals surface area contributed by atoms with E-state index in [0.29, 0.717) is 10.6 Å². The summed E-state index contributed by atoms with van der Waals surface area (Å²) in [6.45, 7) is 2.11. The molecular formula is C21H25NO3S. The minimum Gasteiger partial charge on any atom is -0.465 e. The maximum absolute atomic E-state index is 12.6. The molecule has 1 N–H and O–H groups in total. The number of hydrogen-bond donors (Lipinski definition) is 1. The lowest BCUT2D eigenvalue weighted by atomic mass is 9.88. The van der Waals surface area contributed by atoms with Crippen LogP contribution in [0.15, 0.2) is 29.6 Å². The van der Waals surface area contributed by atoms with E-state index in [4.69, 9.17) is 4.74 Å². The van der Waals surface area contributed by atoms with Crippen LogP contribution in [-0.2, 0) is 16.0 Å². The second kappa shape index (κ2) is 8.49. The number of rotatable bonds is 5. The van der Waals surface area contributed by atoms with Gasteiger partial charge in [-0.25, -0.2) is 4.79 Å². The van der Waals surface area contributed by atoms with E-state index in [2.05, 4.69) is 24.4 Å². The van der Waals surface area contributed by atoms with Crippen molar-refractivity contribution < 1.29 is 14.3 Å². The van der Waals surface area contributed by atoms with Crippen LogP contribution in [0, 0.1) is 5.92 Å². The molecule has 0 saturated heterocycles. The molecule has 0 spiro atoms. The number of nitrogens with one attached hydrogen (secondary N) is 1. The van der Waals surface area contributed by atoms with Gasteiger partial charge in [-0.05, 0) is 30.4 Å². The maximum Gasteiger partial charge on any atom is 0.341 e. The summed E-state index contributed by atoms with van der Waals surface area (Å²) in [4.78, 5) is 25.0. The molecule has 0 bridgehead atoms. The predicted octanol–water partition coefficient (Wildman–Crippen LogP) is 5.28. The minimum atomic E-state index is -0.417. The summed E-state index contributed by atoms with van der Waals surface area (Å²) in [5.74, 6) is -0.354. The summed E-state index contributed by atoms with van der Waals surface area (Å²) in [5.41, 5.74) is 3.46. The lowest BCUT2D eigenvalue weighted by molar-refractivity contribution is -0.120. The van der Waals surface area contributed by atoms with Crippen LogP contribution < -0.4 is 5.32 Å². The molecule has 1 saturated carbocycles. The predicted molar refractivity (Wildman–Crippen MR) is 106 cm³/mol. The molecule has 1 aromatic heterocycles. The molecule has 1 heterocycles. The number of ether oxygens (including phenoxy) is 1. The van der Waals surface area contributed by atoms with Crippen LogP contribution in [-0.4, -0.2) is 19.0 Å². The number of anilines is 1. The van der Waals surface area contributed by atoms with Crippen molar-refractivity contribution in [2.75, 3.05) is 12.4 Å². The third-order valence-electron chi connectivity index (χ3n) is 5.07. The number of methoxy groups -OCH3 is 1. The molecule has 5 heteroatoms. The number of benzene rings is 1. The molecule has 0 atom stereocenters. The van der Waals surface area contributed by atoms with Gasteiger partial charge in [0.25, 0.3) is 0 Å². The van der Waals surface area contributed by atoms with Crippen molar-refractivity contribution in [1.29, 1.82) is 0 Å². The average molecular weight is 372 g/mol. The van der Waals surface area contributed by atoms with Crippen molar-refractivity contribution in [2.45, 2.75) is 45.4 Å². The molecule has 1 aliphatic rings. The molecule has 0 radical (unpaired) electrons. The minimum absolute atomic E-state index is 0.0181. The topological polar surface area (TPSA) is 55.4 Å². The third kappa shape index (κ3) is 3.98. The maximum atomic E-state index is 12.6. The van der Waals surface area contributed by atoms with Gasteiger partial charge in [0.2, 0.25) is 5.91 Å². The van der Waals surface area contributed by atoms with E-state index in [0.717, 1.165) is 43.2 Å². The normalized spacial score (nSPS) is 14.8. The highest BCUT2D eigenvalue weighted by Gasteiger charge is 2.26. The van der Waals surface area contributed by atoms with E-state index >= 15 is 0 Å². The van der Waals surface area contributed by atoms with Gasteiger partial charge >= 0.3 is 5.97 Å². The number of thiophene rings is 1. The Morgan fingerprint density at radius 1 is 1.15 bits per heavy atom. The smallest absolute Gasteiger partial charge is 0.341 e. The second-order valence-electron chi connectivity index (χ2n) is 6.72. The number of esters is 1. The summed E-state index contributed by atoms with van der Waals surface area (Å²) in [6, 6.07) is 8.16. The molecule has 26 heavy (non-hydrogen) atoms. The van der Waals surface area contributed by atoms with Crippen molar-refractivity contribution in [3.8, 4) is 11.1 Å². The number of carbonyl (C=O) groups excluding carboxylic acids is 2. The van der Waals surface area contributed by atoms with Gasteiger partial charge in [-0.3, -0.25) is 4.79 Å². The van der Waals surface area contributed by atoms with Crippen LogP contribution >= 0.6 is 11.3 Å². The van der Waals surface area contributed by atoms with Crippen LogP contribution in [0.4, 0.5) is 5.00 Å². The number of amides is 1. The number of hydrogen-bond acceptors (Lipinski definition) is 4. The van der Waals surface area contributed by atoms with Crippen molar-refractivity contribution >= 4 is 28.2 Å². The van der Waals surface area contributed by atoms with Gasteiger partial charge in [0.1, 0.15) is 10.6 Å². The monoisotopic (exact) mass is 371 g/mol. The third-order valence-corrected chi connectivity index (χ3v) is 5.96. The van der Waals surface area contributed by atoms with Crippen molar-refractivity contribution in [1.82, 2.24) is 0 Å². The van der Waals surface area contributed by atoms with Crippen molar-refractivity contribution in [3.05, 3.63) is 40.8 Å². The molecule has 2 aromatic rings. The molecular weight excluding hydrogens is 346 g/mol. The zero-order valence-electron chi connectivity index (χ0n) is 15.3. The number of carbonyl (C=O) groups is 2. The van der Waals surface area contributed by atoms with Crippen LogP contribution in [0.1, 0.15) is 54.9 Å². The van der Waals surface area contributed by atoms with Crippen molar-refractivity contribution in [3.63, 3.8) is 0 Å². The summed E-state index contributed by atoms with van der Waals surface area (Å²) in [5, 5.41) is 5.49. The van der Waals surface area contributed by atoms with Gasteiger partial charge < -0.3 is 10.1 Å². The van der Waals surface area contributed by atoms with Gasteiger partial charge in [0.05, 0.1) is 7.11 Å². The van der Waals surface area contributed by atoms with E-state index < -0.39 is 5.97 Å². The summed E-state index contributed by atoms with van der Waals surface area (Å²) in [7, 11) is 1.37. The Morgan fingerprint density at radius 3 is 2.46 bits per heavy atom. The fraction of sp³-hybridized carbons (Fsp3) is 0.429. The van der Waals surface area contributed by atoms with E-state index in [-0.39, 0.29) is 11.8 Å². The van der Waals surface area contributed by atoms with Gasteiger partial charge in [0, 0.05) is 16.9 Å².